The summed E-state index contributed by atoms with van der Waals surface area (Å²) in [4.78, 5) is 0. The summed E-state index contributed by atoms with van der Waals surface area (Å²) in [6.07, 6.45) is -1.60. The topological polar surface area (TPSA) is 46.2 Å². The van der Waals surface area contributed by atoms with E-state index in [1.807, 2.05) is 0 Å². The van der Waals surface area contributed by atoms with Gasteiger partial charge in [-0.1, -0.05) is 24.3 Å². The SMILES string of the molecule is NCC(c1ccccc1F)C(O)c1ccc(F)c(F)c1F. The van der Waals surface area contributed by atoms with Crippen molar-refractivity contribution in [2.75, 3.05) is 6.54 Å². The molecule has 112 valence electrons. The standard InChI is InChI=1S/C15H13F4NO/c16-11-4-2-1-3-8(11)10(7-20)15(21)9-5-6-12(17)14(19)13(9)18/h1-6,10,15,21H,7,20H2. The van der Waals surface area contributed by atoms with E-state index in [0.717, 1.165) is 6.07 Å². The summed E-state index contributed by atoms with van der Waals surface area (Å²) in [5.74, 6) is -6.15. The quantitative estimate of drug-likeness (QED) is 0.673. The van der Waals surface area contributed by atoms with Crippen molar-refractivity contribution in [3.05, 3.63) is 70.8 Å². The van der Waals surface area contributed by atoms with E-state index in [-0.39, 0.29) is 12.1 Å². The number of halogens is 4. The highest BCUT2D eigenvalue weighted by Gasteiger charge is 2.28. The summed E-state index contributed by atoms with van der Waals surface area (Å²) >= 11 is 0. The lowest BCUT2D eigenvalue weighted by atomic mass is 9.88. The molecule has 2 nitrogen and oxygen atoms in total. The van der Waals surface area contributed by atoms with Crippen LogP contribution in [0.25, 0.3) is 0 Å². The molecule has 0 bridgehead atoms. The van der Waals surface area contributed by atoms with Gasteiger partial charge in [-0.2, -0.15) is 0 Å². The summed E-state index contributed by atoms with van der Waals surface area (Å²) in [5.41, 5.74) is 5.13. The molecule has 0 aliphatic carbocycles. The van der Waals surface area contributed by atoms with Gasteiger partial charge in [-0.3, -0.25) is 0 Å². The normalized spacial score (nSPS) is 14.0. The average molecular weight is 299 g/mol. The van der Waals surface area contributed by atoms with Gasteiger partial charge < -0.3 is 10.8 Å². The Morgan fingerprint density at radius 3 is 2.14 bits per heavy atom. The van der Waals surface area contributed by atoms with Crippen LogP contribution in [0.3, 0.4) is 0 Å². The number of hydrogen-bond donors (Lipinski definition) is 2. The molecule has 0 fully saturated rings. The predicted octanol–water partition coefficient (Wildman–Crippen LogP) is 3.02. The van der Waals surface area contributed by atoms with Gasteiger partial charge in [-0.05, 0) is 17.7 Å². The van der Waals surface area contributed by atoms with Gasteiger partial charge in [0.05, 0.1) is 6.10 Å². The van der Waals surface area contributed by atoms with Gasteiger partial charge >= 0.3 is 0 Å². The third kappa shape index (κ3) is 2.91. The van der Waals surface area contributed by atoms with Gasteiger partial charge in [0.2, 0.25) is 0 Å². The zero-order chi connectivity index (χ0) is 15.6. The molecule has 0 heterocycles. The van der Waals surface area contributed by atoms with Gasteiger partial charge in [0, 0.05) is 18.0 Å². The first kappa shape index (κ1) is 15.5. The highest BCUT2D eigenvalue weighted by Crippen LogP contribution is 2.33. The Morgan fingerprint density at radius 1 is 0.857 bits per heavy atom. The number of benzene rings is 2. The zero-order valence-electron chi connectivity index (χ0n) is 10.9. The Balaban J connectivity index is 2.44. The van der Waals surface area contributed by atoms with Crippen LogP contribution in [0.4, 0.5) is 17.6 Å². The van der Waals surface area contributed by atoms with Crippen molar-refractivity contribution in [3.8, 4) is 0 Å². The Kier molecular flexibility index (Phi) is 4.59. The second-order valence-corrected chi connectivity index (χ2v) is 4.57. The molecule has 21 heavy (non-hydrogen) atoms. The van der Waals surface area contributed by atoms with Gasteiger partial charge in [0.15, 0.2) is 17.5 Å². The van der Waals surface area contributed by atoms with Crippen LogP contribution in [0, 0.1) is 23.3 Å². The lowest BCUT2D eigenvalue weighted by Crippen LogP contribution is -2.22. The molecule has 0 amide bonds. The third-order valence-corrected chi connectivity index (χ3v) is 3.32. The van der Waals surface area contributed by atoms with Crippen molar-refractivity contribution in [1.82, 2.24) is 0 Å². The predicted molar refractivity (Wildman–Crippen MR) is 69.5 cm³/mol. The minimum absolute atomic E-state index is 0.0802. The van der Waals surface area contributed by atoms with E-state index in [1.54, 1.807) is 0 Å². The fourth-order valence-corrected chi connectivity index (χ4v) is 2.19. The van der Waals surface area contributed by atoms with Crippen molar-refractivity contribution in [2.45, 2.75) is 12.0 Å². The summed E-state index contributed by atoms with van der Waals surface area (Å²) < 4.78 is 53.6. The molecular formula is C15H13F4NO. The maximum absolute atomic E-state index is 13.8. The molecule has 0 saturated heterocycles. The van der Waals surface area contributed by atoms with Crippen LogP contribution >= 0.6 is 0 Å². The molecular weight excluding hydrogens is 286 g/mol. The molecule has 6 heteroatoms. The number of aliphatic hydroxyl groups is 1. The summed E-state index contributed by atoms with van der Waals surface area (Å²) in [6.45, 7) is -0.194. The van der Waals surface area contributed by atoms with E-state index in [0.29, 0.717) is 6.07 Å². The van der Waals surface area contributed by atoms with Crippen LogP contribution in [0.15, 0.2) is 36.4 Å². The van der Waals surface area contributed by atoms with E-state index in [4.69, 9.17) is 5.73 Å². The Labute approximate surface area is 118 Å². The highest BCUT2D eigenvalue weighted by molar-refractivity contribution is 5.30. The van der Waals surface area contributed by atoms with Crippen LogP contribution in [0.1, 0.15) is 23.1 Å². The van der Waals surface area contributed by atoms with Crippen LogP contribution in [-0.4, -0.2) is 11.7 Å². The van der Waals surface area contributed by atoms with E-state index >= 15 is 0 Å². The van der Waals surface area contributed by atoms with E-state index in [2.05, 4.69) is 0 Å². The minimum atomic E-state index is -1.68. The third-order valence-electron chi connectivity index (χ3n) is 3.32. The number of hydrogen-bond acceptors (Lipinski definition) is 2. The number of aliphatic hydroxyl groups excluding tert-OH is 1. The summed E-state index contributed by atoms with van der Waals surface area (Å²) in [7, 11) is 0. The van der Waals surface area contributed by atoms with Gasteiger partial charge in [-0.15, -0.1) is 0 Å². The molecule has 2 unspecified atom stereocenters. The van der Waals surface area contributed by atoms with Crippen molar-refractivity contribution >= 4 is 0 Å². The lowest BCUT2D eigenvalue weighted by Gasteiger charge is -2.23. The van der Waals surface area contributed by atoms with E-state index < -0.39 is 40.9 Å². The first-order valence-electron chi connectivity index (χ1n) is 6.23. The molecule has 0 radical (unpaired) electrons. The Morgan fingerprint density at radius 2 is 1.52 bits per heavy atom. The fraction of sp³-hybridized carbons (Fsp3) is 0.200. The van der Waals surface area contributed by atoms with E-state index in [9.17, 15) is 22.7 Å². The van der Waals surface area contributed by atoms with Crippen molar-refractivity contribution < 1.29 is 22.7 Å². The van der Waals surface area contributed by atoms with Gasteiger partial charge in [0.1, 0.15) is 5.82 Å². The molecule has 2 aromatic carbocycles. The first-order valence-corrected chi connectivity index (χ1v) is 6.23. The maximum Gasteiger partial charge on any atom is 0.194 e. The second-order valence-electron chi connectivity index (χ2n) is 4.57. The Bertz CT molecular complexity index is 648. The summed E-state index contributed by atoms with van der Waals surface area (Å²) in [5, 5.41) is 10.2. The first-order chi connectivity index (χ1) is 9.97. The molecule has 3 N–H and O–H groups in total. The smallest absolute Gasteiger partial charge is 0.194 e. The molecule has 0 aliphatic heterocycles. The lowest BCUT2D eigenvalue weighted by molar-refractivity contribution is 0.140. The maximum atomic E-state index is 13.8. The van der Waals surface area contributed by atoms with Crippen molar-refractivity contribution in [2.24, 2.45) is 5.73 Å². The van der Waals surface area contributed by atoms with Crippen molar-refractivity contribution in [1.29, 1.82) is 0 Å². The van der Waals surface area contributed by atoms with E-state index in [1.165, 1.54) is 24.3 Å². The molecule has 0 saturated carbocycles. The largest absolute Gasteiger partial charge is 0.388 e. The molecule has 0 aromatic heterocycles. The summed E-state index contributed by atoms with van der Waals surface area (Å²) in [6, 6.07) is 7.18. The van der Waals surface area contributed by atoms with Crippen LogP contribution < -0.4 is 5.73 Å². The molecule has 2 aromatic rings. The molecule has 0 spiro atoms. The average Bonchev–Trinajstić information content (AvgIpc) is 2.47. The molecule has 0 aliphatic rings. The second kappa shape index (κ2) is 6.24. The number of rotatable bonds is 4. The van der Waals surface area contributed by atoms with Crippen LogP contribution in [0.2, 0.25) is 0 Å². The molecule has 2 rings (SSSR count). The van der Waals surface area contributed by atoms with Crippen LogP contribution in [0.5, 0.6) is 0 Å². The van der Waals surface area contributed by atoms with Gasteiger partial charge in [-0.25, -0.2) is 17.6 Å². The zero-order valence-corrected chi connectivity index (χ0v) is 10.9. The van der Waals surface area contributed by atoms with Crippen LogP contribution in [-0.2, 0) is 0 Å². The monoisotopic (exact) mass is 299 g/mol. The molecule has 2 atom stereocenters. The fourth-order valence-electron chi connectivity index (χ4n) is 2.19. The minimum Gasteiger partial charge on any atom is -0.388 e. The number of nitrogens with two attached hydrogens (primary N) is 1. The van der Waals surface area contributed by atoms with Crippen molar-refractivity contribution in [3.63, 3.8) is 0 Å². The Hall–Kier alpha value is -1.92. The van der Waals surface area contributed by atoms with Gasteiger partial charge in [0.25, 0.3) is 0 Å². The highest BCUT2D eigenvalue weighted by atomic mass is 19.2.